The smallest absolute Gasteiger partial charge is 0.224 e. The van der Waals surface area contributed by atoms with E-state index in [9.17, 15) is 4.79 Å². The van der Waals surface area contributed by atoms with Gasteiger partial charge < -0.3 is 14.2 Å². The summed E-state index contributed by atoms with van der Waals surface area (Å²) >= 11 is 0. The molecule has 5 heteroatoms. The number of aryl methyl sites for hydroxylation is 2. The standard InChI is InChI=1S/C22H29N3O2/c1-3-20-23-18-6-4-5-7-19(18)25(20)12-8-21(26)24-13-10-22(11-14-24)16-17(2)9-15-27-22/h4-7,16H,3,8-15H2,1-2H3. The summed E-state index contributed by atoms with van der Waals surface area (Å²) < 4.78 is 8.28. The third-order valence-corrected chi connectivity index (χ3v) is 5.96. The molecule has 1 aromatic heterocycles. The number of para-hydroxylation sites is 2. The molecule has 2 aromatic rings. The van der Waals surface area contributed by atoms with Gasteiger partial charge in [0, 0.05) is 32.5 Å². The molecule has 5 nitrogen and oxygen atoms in total. The fourth-order valence-electron chi connectivity index (χ4n) is 4.41. The van der Waals surface area contributed by atoms with Crippen molar-refractivity contribution >= 4 is 16.9 Å². The van der Waals surface area contributed by atoms with Gasteiger partial charge in [-0.2, -0.15) is 0 Å². The monoisotopic (exact) mass is 367 g/mol. The molecule has 0 atom stereocenters. The Morgan fingerprint density at radius 1 is 1.26 bits per heavy atom. The molecule has 27 heavy (non-hydrogen) atoms. The number of aromatic nitrogens is 2. The van der Waals surface area contributed by atoms with E-state index in [-0.39, 0.29) is 11.5 Å². The molecule has 1 spiro atoms. The summed E-state index contributed by atoms with van der Waals surface area (Å²) in [7, 11) is 0. The number of nitrogens with zero attached hydrogens (tertiary/aromatic N) is 3. The molecule has 0 aliphatic carbocycles. The molecule has 1 amide bonds. The first kappa shape index (κ1) is 18.2. The molecule has 1 fully saturated rings. The summed E-state index contributed by atoms with van der Waals surface area (Å²) in [5.74, 6) is 1.29. The summed E-state index contributed by atoms with van der Waals surface area (Å²) in [6.45, 7) is 7.37. The van der Waals surface area contributed by atoms with Gasteiger partial charge in [0.1, 0.15) is 5.82 Å². The van der Waals surface area contributed by atoms with Crippen LogP contribution in [0.2, 0.25) is 0 Å². The first-order chi connectivity index (χ1) is 13.1. The quantitative estimate of drug-likeness (QED) is 0.774. The minimum atomic E-state index is -0.130. The van der Waals surface area contributed by atoms with Crippen molar-refractivity contribution < 1.29 is 9.53 Å². The van der Waals surface area contributed by atoms with E-state index in [1.807, 2.05) is 23.1 Å². The first-order valence-electron chi connectivity index (χ1n) is 10.1. The summed E-state index contributed by atoms with van der Waals surface area (Å²) in [6.07, 6.45) is 6.54. The molecule has 144 valence electrons. The number of benzene rings is 1. The van der Waals surface area contributed by atoms with Crippen LogP contribution in [0.1, 0.15) is 45.4 Å². The predicted octanol–water partition coefficient (Wildman–Crippen LogP) is 3.72. The second-order valence-electron chi connectivity index (χ2n) is 7.81. The minimum absolute atomic E-state index is 0.130. The van der Waals surface area contributed by atoms with Gasteiger partial charge in [-0.15, -0.1) is 0 Å². The van der Waals surface area contributed by atoms with Crippen LogP contribution in [0.5, 0.6) is 0 Å². The van der Waals surface area contributed by atoms with Crippen LogP contribution in [0.25, 0.3) is 11.0 Å². The fourth-order valence-corrected chi connectivity index (χ4v) is 4.41. The van der Waals surface area contributed by atoms with Crippen molar-refractivity contribution in [2.75, 3.05) is 19.7 Å². The van der Waals surface area contributed by atoms with Gasteiger partial charge in [0.25, 0.3) is 0 Å². The summed E-state index contributed by atoms with van der Waals surface area (Å²) in [5.41, 5.74) is 3.42. The highest BCUT2D eigenvalue weighted by Gasteiger charge is 2.36. The van der Waals surface area contributed by atoms with Gasteiger partial charge in [-0.1, -0.05) is 30.7 Å². The SMILES string of the molecule is CCc1nc2ccccc2n1CCC(=O)N1CCC2(C=C(C)CCO2)CC1. The van der Waals surface area contributed by atoms with E-state index in [2.05, 4.69) is 30.6 Å². The lowest BCUT2D eigenvalue weighted by molar-refractivity contribution is -0.136. The van der Waals surface area contributed by atoms with E-state index < -0.39 is 0 Å². The van der Waals surface area contributed by atoms with Gasteiger partial charge in [0.15, 0.2) is 0 Å². The normalized spacial score (nSPS) is 19.5. The lowest BCUT2D eigenvalue weighted by Gasteiger charge is -2.42. The molecule has 0 radical (unpaired) electrons. The zero-order chi connectivity index (χ0) is 18.9. The highest BCUT2D eigenvalue weighted by molar-refractivity contribution is 5.78. The van der Waals surface area contributed by atoms with Gasteiger partial charge in [-0.25, -0.2) is 4.98 Å². The Balaban J connectivity index is 1.39. The summed E-state index contributed by atoms with van der Waals surface area (Å²) in [4.78, 5) is 19.5. The number of hydrogen-bond donors (Lipinski definition) is 0. The maximum atomic E-state index is 12.8. The molecule has 3 heterocycles. The van der Waals surface area contributed by atoms with Crippen LogP contribution in [-0.2, 0) is 22.5 Å². The lowest BCUT2D eigenvalue weighted by atomic mass is 9.87. The van der Waals surface area contributed by atoms with Crippen LogP contribution >= 0.6 is 0 Å². The fraction of sp³-hybridized carbons (Fsp3) is 0.545. The molecule has 0 unspecified atom stereocenters. The topological polar surface area (TPSA) is 47.4 Å². The number of fused-ring (bicyclic) bond motifs is 1. The molecule has 4 rings (SSSR count). The Morgan fingerprint density at radius 2 is 2.04 bits per heavy atom. The molecule has 0 saturated carbocycles. The largest absolute Gasteiger partial charge is 0.370 e. The van der Waals surface area contributed by atoms with Crippen LogP contribution in [-0.4, -0.2) is 45.7 Å². The Bertz CT molecular complexity index is 860. The van der Waals surface area contributed by atoms with Crippen molar-refractivity contribution in [1.82, 2.24) is 14.5 Å². The summed E-state index contributed by atoms with van der Waals surface area (Å²) in [6, 6.07) is 8.17. The number of hydrogen-bond acceptors (Lipinski definition) is 3. The number of rotatable bonds is 4. The average Bonchev–Trinajstić information content (AvgIpc) is 3.04. The Morgan fingerprint density at radius 3 is 2.78 bits per heavy atom. The van der Waals surface area contributed by atoms with Crippen molar-refractivity contribution in [3.63, 3.8) is 0 Å². The predicted molar refractivity (Wildman–Crippen MR) is 107 cm³/mol. The third-order valence-electron chi connectivity index (χ3n) is 5.96. The van der Waals surface area contributed by atoms with Crippen molar-refractivity contribution in [2.24, 2.45) is 0 Å². The van der Waals surface area contributed by atoms with Crippen molar-refractivity contribution in [1.29, 1.82) is 0 Å². The van der Waals surface area contributed by atoms with Gasteiger partial charge >= 0.3 is 0 Å². The molecule has 2 aliphatic rings. The second-order valence-corrected chi connectivity index (χ2v) is 7.81. The first-order valence-corrected chi connectivity index (χ1v) is 10.1. The molecule has 0 bridgehead atoms. The van der Waals surface area contributed by atoms with E-state index in [1.54, 1.807) is 0 Å². The third kappa shape index (κ3) is 3.65. The number of ether oxygens (including phenoxy) is 1. The number of piperidine rings is 1. The molecular formula is C22H29N3O2. The Kier molecular flexibility index (Phi) is 5.04. The number of imidazole rings is 1. The van der Waals surface area contributed by atoms with E-state index >= 15 is 0 Å². The van der Waals surface area contributed by atoms with Crippen molar-refractivity contribution in [3.8, 4) is 0 Å². The van der Waals surface area contributed by atoms with Crippen LogP contribution in [0.3, 0.4) is 0 Å². The highest BCUT2D eigenvalue weighted by atomic mass is 16.5. The van der Waals surface area contributed by atoms with Crippen LogP contribution in [0.4, 0.5) is 0 Å². The Labute approximate surface area is 161 Å². The zero-order valence-corrected chi connectivity index (χ0v) is 16.4. The maximum Gasteiger partial charge on any atom is 0.224 e. The van der Waals surface area contributed by atoms with Crippen LogP contribution in [0.15, 0.2) is 35.9 Å². The van der Waals surface area contributed by atoms with Gasteiger partial charge in [-0.3, -0.25) is 4.79 Å². The molecule has 1 saturated heterocycles. The Hall–Kier alpha value is -2.14. The van der Waals surface area contributed by atoms with Gasteiger partial charge in [0.05, 0.1) is 23.2 Å². The zero-order valence-electron chi connectivity index (χ0n) is 16.4. The summed E-state index contributed by atoms with van der Waals surface area (Å²) in [5, 5.41) is 0. The van der Waals surface area contributed by atoms with E-state index in [1.165, 1.54) is 5.57 Å². The highest BCUT2D eigenvalue weighted by Crippen LogP contribution is 2.33. The number of carbonyl (C=O) groups excluding carboxylic acids is 1. The number of carbonyl (C=O) groups is 1. The second kappa shape index (κ2) is 7.47. The van der Waals surface area contributed by atoms with Crippen molar-refractivity contribution in [2.45, 2.75) is 58.1 Å². The molecule has 0 N–H and O–H groups in total. The molecule has 1 aromatic carbocycles. The molecule has 2 aliphatic heterocycles. The average molecular weight is 367 g/mol. The molecular weight excluding hydrogens is 338 g/mol. The number of amides is 1. The van der Waals surface area contributed by atoms with Crippen LogP contribution < -0.4 is 0 Å². The van der Waals surface area contributed by atoms with Gasteiger partial charge in [-0.05, 0) is 38.3 Å². The maximum absolute atomic E-state index is 12.8. The minimum Gasteiger partial charge on any atom is -0.370 e. The van der Waals surface area contributed by atoms with E-state index in [4.69, 9.17) is 9.72 Å². The van der Waals surface area contributed by atoms with E-state index in [0.29, 0.717) is 13.0 Å². The van der Waals surface area contributed by atoms with E-state index in [0.717, 1.165) is 62.2 Å². The lowest BCUT2D eigenvalue weighted by Crippen LogP contribution is -2.48. The van der Waals surface area contributed by atoms with Crippen LogP contribution in [0, 0.1) is 0 Å². The number of likely N-dealkylation sites (tertiary alicyclic amines) is 1. The van der Waals surface area contributed by atoms with Crippen molar-refractivity contribution in [3.05, 3.63) is 41.7 Å². The van der Waals surface area contributed by atoms with Gasteiger partial charge in [0.2, 0.25) is 5.91 Å².